The first-order valence-electron chi connectivity index (χ1n) is 3.01. The zero-order valence-electron chi connectivity index (χ0n) is 5.53. The fraction of sp³-hybridized carbons (Fsp3) is 0.286. The Labute approximate surface area is 59.3 Å². The second kappa shape index (κ2) is 3.98. The summed E-state index contributed by atoms with van der Waals surface area (Å²) in [7, 11) is 0. The predicted octanol–water partition coefficient (Wildman–Crippen LogP) is 0.548. The number of nitrogens with zero attached hydrogens (tertiary/aromatic N) is 1. The van der Waals surface area contributed by atoms with Gasteiger partial charge in [-0.1, -0.05) is 0 Å². The molecular formula is C7H9NO2. The monoisotopic (exact) mass is 139 g/mol. The second-order valence-electron chi connectivity index (χ2n) is 1.83. The summed E-state index contributed by atoms with van der Waals surface area (Å²) in [6.07, 6.45) is 3.38. The third kappa shape index (κ3) is 2.13. The van der Waals surface area contributed by atoms with E-state index in [1.807, 2.05) is 12.1 Å². The quantitative estimate of drug-likeness (QED) is 0.622. The summed E-state index contributed by atoms with van der Waals surface area (Å²) in [5.74, 6) is 0. The van der Waals surface area contributed by atoms with Gasteiger partial charge in [-0.3, -0.25) is 4.98 Å². The molecule has 0 fully saturated rings. The third-order valence-corrected chi connectivity index (χ3v) is 1.11. The van der Waals surface area contributed by atoms with Gasteiger partial charge in [-0.05, 0) is 17.7 Å². The first-order valence-corrected chi connectivity index (χ1v) is 3.01. The Morgan fingerprint density at radius 3 is 2.70 bits per heavy atom. The van der Waals surface area contributed by atoms with Gasteiger partial charge in [0, 0.05) is 12.4 Å². The molecule has 10 heavy (non-hydrogen) atoms. The summed E-state index contributed by atoms with van der Waals surface area (Å²) in [5, 5.41) is 8.29. The van der Waals surface area contributed by atoms with E-state index in [-0.39, 0.29) is 6.79 Å². The summed E-state index contributed by atoms with van der Waals surface area (Å²) in [4.78, 5) is 3.84. The summed E-state index contributed by atoms with van der Waals surface area (Å²) < 4.78 is 4.75. The highest BCUT2D eigenvalue weighted by molar-refractivity contribution is 5.07. The van der Waals surface area contributed by atoms with E-state index in [4.69, 9.17) is 9.84 Å². The van der Waals surface area contributed by atoms with Crippen molar-refractivity contribution in [2.24, 2.45) is 0 Å². The van der Waals surface area contributed by atoms with Crippen LogP contribution in [-0.2, 0) is 11.3 Å². The van der Waals surface area contributed by atoms with Gasteiger partial charge >= 0.3 is 0 Å². The standard InChI is InChI=1S/C7H9NO2/c9-6-10-5-7-1-3-8-4-2-7/h1-4,9H,5-6H2. The molecule has 1 aromatic heterocycles. The van der Waals surface area contributed by atoms with Crippen LogP contribution in [-0.4, -0.2) is 16.9 Å². The van der Waals surface area contributed by atoms with Crippen molar-refractivity contribution in [2.45, 2.75) is 6.61 Å². The average molecular weight is 139 g/mol. The molecule has 0 aliphatic rings. The number of aliphatic hydroxyl groups excluding tert-OH is 1. The molecule has 0 bridgehead atoms. The Hall–Kier alpha value is -0.930. The summed E-state index contributed by atoms with van der Waals surface area (Å²) >= 11 is 0. The van der Waals surface area contributed by atoms with Crippen molar-refractivity contribution in [3.8, 4) is 0 Å². The molecule has 0 spiro atoms. The van der Waals surface area contributed by atoms with Crippen LogP contribution in [0.5, 0.6) is 0 Å². The number of aliphatic hydroxyl groups is 1. The van der Waals surface area contributed by atoms with Crippen molar-refractivity contribution in [1.29, 1.82) is 0 Å². The fourth-order valence-corrected chi connectivity index (χ4v) is 0.643. The molecule has 1 aromatic rings. The highest BCUT2D eigenvalue weighted by Crippen LogP contribution is 1.96. The highest BCUT2D eigenvalue weighted by atomic mass is 16.6. The zero-order chi connectivity index (χ0) is 7.23. The van der Waals surface area contributed by atoms with E-state index in [0.29, 0.717) is 6.61 Å². The van der Waals surface area contributed by atoms with Crippen LogP contribution in [0.4, 0.5) is 0 Å². The molecule has 1 rings (SSSR count). The lowest BCUT2D eigenvalue weighted by Crippen LogP contribution is -1.93. The van der Waals surface area contributed by atoms with Crippen LogP contribution in [0, 0.1) is 0 Å². The first-order chi connectivity index (χ1) is 4.93. The van der Waals surface area contributed by atoms with E-state index >= 15 is 0 Å². The van der Waals surface area contributed by atoms with Gasteiger partial charge < -0.3 is 9.84 Å². The second-order valence-corrected chi connectivity index (χ2v) is 1.83. The zero-order valence-corrected chi connectivity index (χ0v) is 5.53. The van der Waals surface area contributed by atoms with E-state index in [1.54, 1.807) is 12.4 Å². The van der Waals surface area contributed by atoms with Crippen molar-refractivity contribution in [2.75, 3.05) is 6.79 Å². The molecule has 0 radical (unpaired) electrons. The Balaban J connectivity index is 2.43. The van der Waals surface area contributed by atoms with Crippen molar-refractivity contribution in [3.63, 3.8) is 0 Å². The molecule has 1 heterocycles. The third-order valence-electron chi connectivity index (χ3n) is 1.11. The molecule has 0 unspecified atom stereocenters. The first kappa shape index (κ1) is 7.18. The van der Waals surface area contributed by atoms with Crippen molar-refractivity contribution in [1.82, 2.24) is 4.98 Å². The van der Waals surface area contributed by atoms with E-state index in [9.17, 15) is 0 Å². The molecule has 0 saturated heterocycles. The smallest absolute Gasteiger partial charge is 0.144 e. The molecule has 1 N–H and O–H groups in total. The number of pyridine rings is 1. The van der Waals surface area contributed by atoms with Crippen LogP contribution in [0.25, 0.3) is 0 Å². The average Bonchev–Trinajstić information content (AvgIpc) is 2.03. The Bertz CT molecular complexity index is 176. The minimum absolute atomic E-state index is 0.234. The number of ether oxygens (including phenoxy) is 1. The summed E-state index contributed by atoms with van der Waals surface area (Å²) in [6, 6.07) is 3.69. The fourth-order valence-electron chi connectivity index (χ4n) is 0.643. The maximum absolute atomic E-state index is 8.29. The van der Waals surface area contributed by atoms with Crippen LogP contribution in [0.1, 0.15) is 5.56 Å². The van der Waals surface area contributed by atoms with Gasteiger partial charge in [0.1, 0.15) is 6.79 Å². The van der Waals surface area contributed by atoms with E-state index in [1.165, 1.54) is 0 Å². The van der Waals surface area contributed by atoms with Crippen LogP contribution in [0.2, 0.25) is 0 Å². The van der Waals surface area contributed by atoms with Gasteiger partial charge in [0.2, 0.25) is 0 Å². The number of hydrogen-bond donors (Lipinski definition) is 1. The number of hydrogen-bond acceptors (Lipinski definition) is 3. The molecule has 0 saturated carbocycles. The number of rotatable bonds is 3. The summed E-state index contributed by atoms with van der Waals surface area (Å²) in [5.41, 5.74) is 1.02. The Kier molecular flexibility index (Phi) is 2.86. The van der Waals surface area contributed by atoms with E-state index in [2.05, 4.69) is 4.98 Å². The van der Waals surface area contributed by atoms with Crippen molar-refractivity contribution >= 4 is 0 Å². The normalized spacial score (nSPS) is 9.70. The lowest BCUT2D eigenvalue weighted by molar-refractivity contribution is -0.0112. The van der Waals surface area contributed by atoms with E-state index < -0.39 is 0 Å². The largest absolute Gasteiger partial charge is 0.371 e. The predicted molar refractivity (Wildman–Crippen MR) is 36.1 cm³/mol. The molecule has 0 aliphatic heterocycles. The molecule has 0 amide bonds. The topological polar surface area (TPSA) is 42.4 Å². The maximum atomic E-state index is 8.29. The lowest BCUT2D eigenvalue weighted by atomic mass is 10.3. The Morgan fingerprint density at radius 1 is 1.40 bits per heavy atom. The van der Waals surface area contributed by atoms with Crippen LogP contribution in [0.3, 0.4) is 0 Å². The van der Waals surface area contributed by atoms with Crippen molar-refractivity contribution in [3.05, 3.63) is 30.1 Å². The Morgan fingerprint density at radius 2 is 2.10 bits per heavy atom. The van der Waals surface area contributed by atoms with Crippen LogP contribution >= 0.6 is 0 Å². The molecule has 54 valence electrons. The summed E-state index contributed by atoms with van der Waals surface area (Å²) in [6.45, 7) is 0.210. The van der Waals surface area contributed by atoms with Gasteiger partial charge in [-0.25, -0.2) is 0 Å². The molecule has 0 aromatic carbocycles. The van der Waals surface area contributed by atoms with Gasteiger partial charge in [-0.15, -0.1) is 0 Å². The lowest BCUT2D eigenvalue weighted by Gasteiger charge is -1.97. The highest BCUT2D eigenvalue weighted by Gasteiger charge is 1.88. The molecule has 3 nitrogen and oxygen atoms in total. The van der Waals surface area contributed by atoms with Gasteiger partial charge in [0.05, 0.1) is 6.61 Å². The molecular weight excluding hydrogens is 130 g/mol. The van der Waals surface area contributed by atoms with Crippen molar-refractivity contribution < 1.29 is 9.84 Å². The van der Waals surface area contributed by atoms with Crippen LogP contribution < -0.4 is 0 Å². The van der Waals surface area contributed by atoms with Gasteiger partial charge in [0.15, 0.2) is 0 Å². The minimum atomic E-state index is -0.234. The number of aromatic nitrogens is 1. The van der Waals surface area contributed by atoms with E-state index in [0.717, 1.165) is 5.56 Å². The molecule has 0 aliphatic carbocycles. The SMILES string of the molecule is OCOCc1ccncc1. The minimum Gasteiger partial charge on any atom is -0.371 e. The molecule has 0 atom stereocenters. The van der Waals surface area contributed by atoms with Crippen LogP contribution in [0.15, 0.2) is 24.5 Å². The van der Waals surface area contributed by atoms with Gasteiger partial charge in [0.25, 0.3) is 0 Å². The van der Waals surface area contributed by atoms with Gasteiger partial charge in [-0.2, -0.15) is 0 Å². The maximum Gasteiger partial charge on any atom is 0.144 e. The molecule has 3 heteroatoms.